The Kier molecular flexibility index (Phi) is 5.32. The molecule has 0 bridgehead atoms. The van der Waals surface area contributed by atoms with Gasteiger partial charge in [-0.2, -0.15) is 0 Å². The zero-order chi connectivity index (χ0) is 14.4. The molecule has 0 aliphatic rings. The zero-order valence-electron chi connectivity index (χ0n) is 11.6. The lowest BCUT2D eigenvalue weighted by molar-refractivity contribution is 0.159. The number of hydrogen-bond donors (Lipinski definition) is 2. The van der Waals surface area contributed by atoms with Crippen molar-refractivity contribution >= 4 is 0 Å². The summed E-state index contributed by atoms with van der Waals surface area (Å²) in [4.78, 5) is 0. The summed E-state index contributed by atoms with van der Waals surface area (Å²) in [6.45, 7) is 3.17. The molecule has 0 radical (unpaired) electrons. The Morgan fingerprint density at radius 2 is 1.95 bits per heavy atom. The monoisotopic (exact) mass is 277 g/mol. The van der Waals surface area contributed by atoms with Crippen molar-refractivity contribution < 1.29 is 13.9 Å². The van der Waals surface area contributed by atoms with Crippen molar-refractivity contribution in [3.63, 3.8) is 0 Å². The lowest BCUT2D eigenvalue weighted by atomic mass is 10.2. The third-order valence-electron chi connectivity index (χ3n) is 3.09. The predicted molar refractivity (Wildman–Crippen MR) is 76.7 cm³/mol. The lowest BCUT2D eigenvalue weighted by Crippen LogP contribution is -2.25. The van der Waals surface area contributed by atoms with Crippen LogP contribution in [-0.2, 0) is 6.54 Å². The van der Waals surface area contributed by atoms with Crippen LogP contribution in [0.2, 0.25) is 0 Å². The second-order valence-corrected chi connectivity index (χ2v) is 4.85. The van der Waals surface area contributed by atoms with Gasteiger partial charge in [-0.05, 0) is 42.8 Å². The molecule has 0 fully saturated rings. The first-order valence-corrected chi connectivity index (χ1v) is 6.92. The van der Waals surface area contributed by atoms with E-state index in [2.05, 4.69) is 5.32 Å². The molecule has 0 saturated heterocycles. The molecule has 1 atom stereocenters. The molecule has 2 aromatic rings. The summed E-state index contributed by atoms with van der Waals surface area (Å²) in [6, 6.07) is 9.96. The first kappa shape index (κ1) is 14.8. The molecular formula is C16H20FNO2. The Balaban J connectivity index is 1.87. The van der Waals surface area contributed by atoms with Crippen LogP contribution in [0.3, 0.4) is 0 Å². The molecule has 2 rings (SSSR count). The van der Waals surface area contributed by atoms with Crippen molar-refractivity contribution in [3.8, 4) is 11.3 Å². The first-order chi connectivity index (χ1) is 9.69. The van der Waals surface area contributed by atoms with E-state index in [-0.39, 0.29) is 11.9 Å². The number of furan rings is 1. The summed E-state index contributed by atoms with van der Waals surface area (Å²) < 4.78 is 18.5. The highest BCUT2D eigenvalue weighted by Crippen LogP contribution is 2.22. The van der Waals surface area contributed by atoms with Crippen molar-refractivity contribution in [3.05, 3.63) is 48.0 Å². The van der Waals surface area contributed by atoms with Crippen LogP contribution in [0.1, 0.15) is 25.5 Å². The van der Waals surface area contributed by atoms with Gasteiger partial charge in [-0.15, -0.1) is 0 Å². The first-order valence-electron chi connectivity index (χ1n) is 6.92. The van der Waals surface area contributed by atoms with E-state index in [1.54, 1.807) is 12.1 Å². The number of nitrogens with one attached hydrogen (secondary N) is 1. The van der Waals surface area contributed by atoms with Gasteiger partial charge in [-0.25, -0.2) is 4.39 Å². The average Bonchev–Trinajstić information content (AvgIpc) is 2.89. The highest BCUT2D eigenvalue weighted by atomic mass is 19.1. The Hall–Kier alpha value is -1.65. The van der Waals surface area contributed by atoms with Gasteiger partial charge in [0, 0.05) is 12.1 Å². The van der Waals surface area contributed by atoms with Crippen LogP contribution < -0.4 is 5.32 Å². The molecule has 108 valence electrons. The van der Waals surface area contributed by atoms with Gasteiger partial charge in [0.1, 0.15) is 17.3 Å². The molecule has 0 aliphatic carbocycles. The van der Waals surface area contributed by atoms with Crippen molar-refractivity contribution in [1.82, 2.24) is 5.32 Å². The number of benzene rings is 1. The zero-order valence-corrected chi connectivity index (χ0v) is 11.6. The van der Waals surface area contributed by atoms with Gasteiger partial charge in [0.25, 0.3) is 0 Å². The number of rotatable bonds is 7. The Morgan fingerprint density at radius 3 is 2.65 bits per heavy atom. The van der Waals surface area contributed by atoms with Crippen molar-refractivity contribution in [2.75, 3.05) is 6.54 Å². The van der Waals surface area contributed by atoms with E-state index in [0.29, 0.717) is 13.1 Å². The Labute approximate surface area is 118 Å². The van der Waals surface area contributed by atoms with Crippen molar-refractivity contribution in [2.24, 2.45) is 0 Å². The molecule has 1 aromatic carbocycles. The van der Waals surface area contributed by atoms with Crippen LogP contribution >= 0.6 is 0 Å². The fourth-order valence-electron chi connectivity index (χ4n) is 2.04. The molecular weight excluding hydrogens is 257 g/mol. The largest absolute Gasteiger partial charge is 0.460 e. The summed E-state index contributed by atoms with van der Waals surface area (Å²) in [5.41, 5.74) is 0.851. The second kappa shape index (κ2) is 7.22. The van der Waals surface area contributed by atoms with E-state index in [9.17, 15) is 9.50 Å². The summed E-state index contributed by atoms with van der Waals surface area (Å²) in [5.74, 6) is 1.26. The van der Waals surface area contributed by atoms with Crippen molar-refractivity contribution in [2.45, 2.75) is 32.4 Å². The maximum atomic E-state index is 12.8. The fraction of sp³-hybridized carbons (Fsp3) is 0.375. The lowest BCUT2D eigenvalue weighted by Gasteiger charge is -2.09. The van der Waals surface area contributed by atoms with Crippen LogP contribution in [0.15, 0.2) is 40.8 Å². The smallest absolute Gasteiger partial charge is 0.134 e. The highest BCUT2D eigenvalue weighted by Gasteiger charge is 2.06. The summed E-state index contributed by atoms with van der Waals surface area (Å²) in [5, 5.41) is 12.8. The third-order valence-corrected chi connectivity index (χ3v) is 3.09. The summed E-state index contributed by atoms with van der Waals surface area (Å²) in [7, 11) is 0. The quantitative estimate of drug-likeness (QED) is 0.816. The number of halogens is 1. The Bertz CT molecular complexity index is 522. The summed E-state index contributed by atoms with van der Waals surface area (Å²) in [6.07, 6.45) is 1.45. The van der Waals surface area contributed by atoms with E-state index >= 15 is 0 Å². The van der Waals surface area contributed by atoms with Gasteiger partial charge in [-0.3, -0.25) is 0 Å². The van der Waals surface area contributed by atoms with Crippen LogP contribution in [0.25, 0.3) is 11.3 Å². The highest BCUT2D eigenvalue weighted by molar-refractivity contribution is 5.57. The minimum absolute atomic E-state index is 0.257. The van der Waals surface area contributed by atoms with Crippen LogP contribution in [0, 0.1) is 5.82 Å². The van der Waals surface area contributed by atoms with Crippen molar-refractivity contribution in [1.29, 1.82) is 0 Å². The molecule has 0 spiro atoms. The standard InChI is InChI=1S/C16H20FNO2/c1-2-3-14(19)10-18-11-15-8-9-16(20-15)12-4-6-13(17)7-5-12/h4-9,14,18-19H,2-3,10-11H2,1H3. The molecule has 0 aliphatic heterocycles. The topological polar surface area (TPSA) is 45.4 Å². The predicted octanol–water partition coefficient (Wildman–Crippen LogP) is 3.34. The minimum Gasteiger partial charge on any atom is -0.460 e. The maximum Gasteiger partial charge on any atom is 0.134 e. The number of hydrogen-bond acceptors (Lipinski definition) is 3. The van der Waals surface area contributed by atoms with Gasteiger partial charge in [0.15, 0.2) is 0 Å². The molecule has 2 N–H and O–H groups in total. The molecule has 0 amide bonds. The van der Waals surface area contributed by atoms with Crippen LogP contribution in [0.4, 0.5) is 4.39 Å². The van der Waals surface area contributed by atoms with E-state index in [1.165, 1.54) is 12.1 Å². The van der Waals surface area contributed by atoms with Gasteiger partial charge < -0.3 is 14.8 Å². The minimum atomic E-state index is -0.313. The molecule has 1 heterocycles. The van der Waals surface area contributed by atoms with Crippen LogP contribution in [-0.4, -0.2) is 17.8 Å². The molecule has 0 saturated carbocycles. The Morgan fingerprint density at radius 1 is 1.20 bits per heavy atom. The van der Waals surface area contributed by atoms with E-state index in [0.717, 1.165) is 29.9 Å². The average molecular weight is 277 g/mol. The number of aliphatic hydroxyl groups excluding tert-OH is 1. The van der Waals surface area contributed by atoms with E-state index in [1.807, 2.05) is 19.1 Å². The number of aliphatic hydroxyl groups is 1. The van der Waals surface area contributed by atoms with E-state index in [4.69, 9.17) is 4.42 Å². The normalized spacial score (nSPS) is 12.6. The second-order valence-electron chi connectivity index (χ2n) is 4.85. The SMILES string of the molecule is CCCC(O)CNCc1ccc(-c2ccc(F)cc2)o1. The van der Waals surface area contributed by atoms with Gasteiger partial charge in [0.2, 0.25) is 0 Å². The fourth-order valence-corrected chi connectivity index (χ4v) is 2.04. The summed E-state index contributed by atoms with van der Waals surface area (Å²) >= 11 is 0. The van der Waals surface area contributed by atoms with E-state index < -0.39 is 0 Å². The maximum absolute atomic E-state index is 12.8. The molecule has 3 nitrogen and oxygen atoms in total. The molecule has 1 unspecified atom stereocenters. The van der Waals surface area contributed by atoms with Gasteiger partial charge in [-0.1, -0.05) is 13.3 Å². The van der Waals surface area contributed by atoms with Gasteiger partial charge in [0.05, 0.1) is 12.6 Å². The van der Waals surface area contributed by atoms with Gasteiger partial charge >= 0.3 is 0 Å². The molecule has 4 heteroatoms. The molecule has 20 heavy (non-hydrogen) atoms. The molecule has 1 aromatic heterocycles. The third kappa shape index (κ3) is 4.18. The van der Waals surface area contributed by atoms with Crippen LogP contribution in [0.5, 0.6) is 0 Å².